The molecule has 4 aromatic carbocycles. The summed E-state index contributed by atoms with van der Waals surface area (Å²) in [5, 5.41) is 21.8. The van der Waals surface area contributed by atoms with Gasteiger partial charge in [-0.05, 0) is 24.3 Å². The molecule has 0 aliphatic carbocycles. The van der Waals surface area contributed by atoms with Gasteiger partial charge in [-0.2, -0.15) is 9.44 Å². The minimum atomic E-state index is -4.28. The lowest BCUT2D eigenvalue weighted by molar-refractivity contribution is -0.139. The Morgan fingerprint density at radius 3 is 1.26 bits per heavy atom. The summed E-state index contributed by atoms with van der Waals surface area (Å²) in [6.07, 6.45) is 0. The van der Waals surface area contributed by atoms with E-state index in [4.69, 9.17) is 0 Å². The minimum absolute atomic E-state index is 0.0795. The van der Waals surface area contributed by atoms with Crippen LogP contribution in [0.1, 0.15) is 0 Å². The smallest absolute Gasteiger partial charge is 0.322 e. The highest BCUT2D eigenvalue weighted by Gasteiger charge is 2.29. The lowest BCUT2D eigenvalue weighted by Crippen LogP contribution is -2.43. The van der Waals surface area contributed by atoms with E-state index in [2.05, 4.69) is 9.44 Å². The fraction of sp³-hybridized carbons (Fsp3) is 0.267. The van der Waals surface area contributed by atoms with Crippen LogP contribution in [0.15, 0.2) is 82.6 Å². The Bertz CT molecular complexity index is 1840. The van der Waals surface area contributed by atoms with E-state index in [1.165, 1.54) is 12.1 Å². The molecule has 0 spiro atoms. The van der Waals surface area contributed by atoms with Gasteiger partial charge >= 0.3 is 11.9 Å². The second kappa shape index (κ2) is 14.5. The van der Waals surface area contributed by atoms with Crippen LogP contribution in [0.4, 0.5) is 11.4 Å². The summed E-state index contributed by atoms with van der Waals surface area (Å²) >= 11 is 0. The van der Waals surface area contributed by atoms with Crippen LogP contribution in [0.2, 0.25) is 0 Å². The Hall–Kier alpha value is -3.54. The number of nitrogens with one attached hydrogen (secondary N) is 2. The van der Waals surface area contributed by atoms with Crippen molar-refractivity contribution in [3.05, 3.63) is 72.8 Å². The molecule has 0 saturated heterocycles. The molecule has 12 nitrogen and oxygen atoms in total. The van der Waals surface area contributed by atoms with Gasteiger partial charge in [-0.3, -0.25) is 9.59 Å². The zero-order valence-electron chi connectivity index (χ0n) is 25.4. The van der Waals surface area contributed by atoms with Gasteiger partial charge in [-0.25, -0.2) is 16.8 Å². The molecular weight excluding hydrogens is 673 g/mol. The molecule has 0 amide bonds. The molecule has 4 aromatic rings. The van der Waals surface area contributed by atoms with Gasteiger partial charge in [0.05, 0.1) is 9.79 Å². The molecule has 0 aromatic heterocycles. The number of fused-ring (bicyclic) bond motifs is 2. The molecule has 2 unspecified atom stereocenters. The van der Waals surface area contributed by atoms with Gasteiger partial charge in [0.15, 0.2) is 0 Å². The first-order valence-electron chi connectivity index (χ1n) is 13.8. The van der Waals surface area contributed by atoms with Crippen LogP contribution in [0, 0.1) is 0 Å². The fourth-order valence-corrected chi connectivity index (χ4v) is 10.2. The maximum atomic E-state index is 13.4. The Labute approximate surface area is 275 Å². The second-order valence-corrected chi connectivity index (χ2v) is 16.6. The number of anilines is 2. The quantitative estimate of drug-likeness (QED) is 0.105. The van der Waals surface area contributed by atoms with Crippen LogP contribution in [-0.2, 0) is 29.6 Å². The number of hydrogen-bond acceptors (Lipinski definition) is 10. The van der Waals surface area contributed by atoms with Crippen molar-refractivity contribution >= 4 is 86.5 Å². The van der Waals surface area contributed by atoms with Crippen LogP contribution in [0.3, 0.4) is 0 Å². The topological polar surface area (TPSA) is 173 Å². The summed E-state index contributed by atoms with van der Waals surface area (Å²) < 4.78 is 57.9. The van der Waals surface area contributed by atoms with E-state index < -0.39 is 44.1 Å². The highest BCUT2D eigenvalue weighted by atomic mass is 33.1. The highest BCUT2D eigenvalue weighted by Crippen LogP contribution is 2.32. The molecule has 2 atom stereocenters. The van der Waals surface area contributed by atoms with Crippen molar-refractivity contribution in [2.24, 2.45) is 0 Å². The van der Waals surface area contributed by atoms with E-state index in [-0.39, 0.29) is 21.3 Å². The normalized spacial score (nSPS) is 13.4. The first kappa shape index (κ1) is 35.3. The second-order valence-electron chi connectivity index (χ2n) is 10.6. The Kier molecular flexibility index (Phi) is 11.1. The van der Waals surface area contributed by atoms with Gasteiger partial charge in [-0.15, -0.1) is 0 Å². The molecule has 16 heteroatoms. The molecule has 46 heavy (non-hydrogen) atoms. The molecule has 0 aliphatic heterocycles. The van der Waals surface area contributed by atoms with E-state index in [1.54, 1.807) is 48.5 Å². The zero-order valence-corrected chi connectivity index (χ0v) is 28.6. The Morgan fingerprint density at radius 2 is 0.935 bits per heavy atom. The standard InChI is InChI=1S/C30H34N4O8S4/c1-33(2)25-13-5-11-21-19(25)9-7-15-27(21)45(39,40)31-23(29(35)36)17-43-44-18-24(30(37)38)32-46(41,42)28-16-8-10-20-22(28)12-6-14-26(20)34(3)4/h5-16,23-24,31-32H,17-18H2,1-4H3,(H,35,36)(H,37,38). The number of carboxylic acids is 2. The average Bonchev–Trinajstić information content (AvgIpc) is 3.00. The van der Waals surface area contributed by atoms with E-state index in [0.29, 0.717) is 21.5 Å². The summed E-state index contributed by atoms with van der Waals surface area (Å²) in [6, 6.07) is 16.8. The third-order valence-electron chi connectivity index (χ3n) is 7.00. The Morgan fingerprint density at radius 1 is 0.609 bits per heavy atom. The summed E-state index contributed by atoms with van der Waals surface area (Å²) in [7, 11) is 0.563. The van der Waals surface area contributed by atoms with E-state index >= 15 is 0 Å². The van der Waals surface area contributed by atoms with E-state index in [0.717, 1.165) is 33.0 Å². The van der Waals surface area contributed by atoms with Crippen LogP contribution in [-0.4, -0.2) is 90.8 Å². The number of nitrogens with zero attached hydrogens (tertiary/aromatic N) is 2. The van der Waals surface area contributed by atoms with Crippen molar-refractivity contribution in [1.82, 2.24) is 9.44 Å². The number of carbonyl (C=O) groups is 2. The number of rotatable bonds is 15. The van der Waals surface area contributed by atoms with Crippen molar-refractivity contribution in [2.45, 2.75) is 21.9 Å². The van der Waals surface area contributed by atoms with Gasteiger partial charge in [0.25, 0.3) is 0 Å². The van der Waals surface area contributed by atoms with Gasteiger partial charge in [0.1, 0.15) is 12.1 Å². The maximum absolute atomic E-state index is 13.4. The lowest BCUT2D eigenvalue weighted by Gasteiger charge is -2.19. The molecule has 0 heterocycles. The van der Waals surface area contributed by atoms with Crippen molar-refractivity contribution in [1.29, 1.82) is 0 Å². The number of carboxylic acid groups (broad SMARTS) is 2. The monoisotopic (exact) mass is 706 g/mol. The van der Waals surface area contributed by atoms with Crippen molar-refractivity contribution in [3.8, 4) is 0 Å². The van der Waals surface area contributed by atoms with E-state index in [1.807, 2.05) is 50.1 Å². The first-order chi connectivity index (χ1) is 21.6. The third kappa shape index (κ3) is 7.87. The summed E-state index contributed by atoms with van der Waals surface area (Å²) in [6.45, 7) is 0. The predicted octanol–water partition coefficient (Wildman–Crippen LogP) is 3.67. The lowest BCUT2D eigenvalue weighted by atomic mass is 10.1. The SMILES string of the molecule is CN(C)c1cccc2c(S(=O)(=O)NC(CSSCC(NS(=O)(=O)c3cccc4c(N(C)C)cccc34)C(=O)O)C(=O)O)cccc12. The van der Waals surface area contributed by atoms with Crippen LogP contribution in [0.5, 0.6) is 0 Å². The summed E-state index contributed by atoms with van der Waals surface area (Å²) in [4.78, 5) is 27.6. The number of hydrogen-bond donors (Lipinski definition) is 4. The largest absolute Gasteiger partial charge is 0.480 e. The summed E-state index contributed by atoms with van der Waals surface area (Å²) in [5.74, 6) is -3.37. The van der Waals surface area contributed by atoms with Gasteiger partial charge in [-0.1, -0.05) is 70.1 Å². The molecule has 4 rings (SSSR count). The summed E-state index contributed by atoms with van der Waals surface area (Å²) in [5.41, 5.74) is 1.58. The van der Waals surface area contributed by atoms with Crippen LogP contribution in [0.25, 0.3) is 21.5 Å². The van der Waals surface area contributed by atoms with Crippen LogP contribution < -0.4 is 19.2 Å². The van der Waals surface area contributed by atoms with Gasteiger partial charge in [0, 0.05) is 72.6 Å². The molecule has 0 bridgehead atoms. The molecular formula is C30H34N4O8S4. The first-order valence-corrected chi connectivity index (χ1v) is 19.2. The molecule has 0 saturated carbocycles. The fourth-order valence-electron chi connectivity index (χ4n) is 4.82. The Balaban J connectivity index is 1.45. The van der Waals surface area contributed by atoms with Gasteiger partial charge in [0.2, 0.25) is 20.0 Å². The molecule has 0 aliphatic rings. The van der Waals surface area contributed by atoms with Crippen molar-refractivity contribution in [2.75, 3.05) is 49.5 Å². The van der Waals surface area contributed by atoms with Crippen molar-refractivity contribution in [3.63, 3.8) is 0 Å². The molecule has 0 fully saturated rings. The predicted molar refractivity (Wildman–Crippen MR) is 185 cm³/mol. The molecule has 0 radical (unpaired) electrons. The number of benzene rings is 4. The zero-order chi connectivity index (χ0) is 33.8. The number of aliphatic carboxylic acids is 2. The molecule has 4 N–H and O–H groups in total. The third-order valence-corrected chi connectivity index (χ3v) is 12.5. The minimum Gasteiger partial charge on any atom is -0.480 e. The average molecular weight is 707 g/mol. The number of sulfonamides is 2. The van der Waals surface area contributed by atoms with E-state index in [9.17, 15) is 36.6 Å². The molecule has 246 valence electrons. The maximum Gasteiger partial charge on any atom is 0.322 e. The van der Waals surface area contributed by atoms with Crippen LogP contribution >= 0.6 is 21.6 Å². The van der Waals surface area contributed by atoms with Gasteiger partial charge < -0.3 is 20.0 Å². The van der Waals surface area contributed by atoms with Crippen molar-refractivity contribution < 1.29 is 36.6 Å². The highest BCUT2D eigenvalue weighted by molar-refractivity contribution is 8.76.